The average Bonchev–Trinajstić information content (AvgIpc) is 2.36. The lowest BCUT2D eigenvalue weighted by Gasteiger charge is -2.12. The fraction of sp³-hybridized carbons (Fsp3) is 0.143. The van der Waals surface area contributed by atoms with Gasteiger partial charge in [-0.3, -0.25) is 0 Å². The zero-order chi connectivity index (χ0) is 14.8. The Morgan fingerprint density at radius 2 is 1.70 bits per heavy atom. The minimum absolute atomic E-state index is 0.0292. The second kappa shape index (κ2) is 5.94. The van der Waals surface area contributed by atoms with Crippen LogP contribution < -0.4 is 5.32 Å². The Balaban J connectivity index is 2.18. The van der Waals surface area contributed by atoms with Gasteiger partial charge >= 0.3 is 6.18 Å². The first-order valence-corrected chi connectivity index (χ1v) is 6.47. The molecule has 0 atom stereocenters. The quantitative estimate of drug-likeness (QED) is 0.773. The molecule has 0 fully saturated rings. The first-order valence-electron chi connectivity index (χ1n) is 5.71. The fourth-order valence-corrected chi connectivity index (χ4v) is 2.13. The van der Waals surface area contributed by atoms with Gasteiger partial charge in [-0.25, -0.2) is 0 Å². The predicted molar refractivity (Wildman–Crippen MR) is 75.2 cm³/mol. The molecule has 2 aromatic rings. The number of rotatable bonds is 3. The Kier molecular flexibility index (Phi) is 4.45. The minimum Gasteiger partial charge on any atom is -0.381 e. The Morgan fingerprint density at radius 1 is 1.00 bits per heavy atom. The summed E-state index contributed by atoms with van der Waals surface area (Å²) in [5, 5.41) is 3.47. The summed E-state index contributed by atoms with van der Waals surface area (Å²) in [4.78, 5) is 0. The molecule has 0 saturated carbocycles. The maximum atomic E-state index is 12.7. The third-order valence-electron chi connectivity index (χ3n) is 2.67. The van der Waals surface area contributed by atoms with E-state index in [1.807, 2.05) is 6.07 Å². The molecule has 0 radical (unpaired) electrons. The van der Waals surface area contributed by atoms with Gasteiger partial charge < -0.3 is 5.32 Å². The van der Waals surface area contributed by atoms with Crippen LogP contribution in [-0.2, 0) is 12.7 Å². The lowest BCUT2D eigenvalue weighted by Crippen LogP contribution is -2.07. The number of benzene rings is 2. The zero-order valence-corrected chi connectivity index (χ0v) is 11.7. The number of halogens is 5. The van der Waals surface area contributed by atoms with Crippen molar-refractivity contribution in [1.29, 1.82) is 0 Å². The van der Waals surface area contributed by atoms with Crippen molar-refractivity contribution in [2.75, 3.05) is 5.32 Å². The van der Waals surface area contributed by atoms with E-state index in [0.717, 1.165) is 17.7 Å². The molecule has 0 aliphatic heterocycles. The lowest BCUT2D eigenvalue weighted by molar-refractivity contribution is -0.137. The Bertz CT molecular complexity index is 612. The van der Waals surface area contributed by atoms with Gasteiger partial charge in [0, 0.05) is 22.3 Å². The highest BCUT2D eigenvalue weighted by atomic mass is 35.5. The van der Waals surface area contributed by atoms with Gasteiger partial charge in [-0.15, -0.1) is 0 Å². The third kappa shape index (κ3) is 3.81. The van der Waals surface area contributed by atoms with Crippen LogP contribution in [-0.4, -0.2) is 0 Å². The maximum Gasteiger partial charge on any atom is 0.416 e. The van der Waals surface area contributed by atoms with Gasteiger partial charge in [-0.2, -0.15) is 13.2 Å². The molecule has 20 heavy (non-hydrogen) atoms. The van der Waals surface area contributed by atoms with E-state index in [0.29, 0.717) is 17.3 Å². The van der Waals surface area contributed by atoms with Gasteiger partial charge in [-0.05, 0) is 29.8 Å². The lowest BCUT2D eigenvalue weighted by atomic mass is 10.1. The summed E-state index contributed by atoms with van der Waals surface area (Å²) in [6.45, 7) is 0.317. The van der Waals surface area contributed by atoms with E-state index in [4.69, 9.17) is 23.2 Å². The smallest absolute Gasteiger partial charge is 0.381 e. The van der Waals surface area contributed by atoms with Crippen molar-refractivity contribution in [3.05, 3.63) is 63.6 Å². The molecule has 0 aromatic heterocycles. The standard InChI is InChI=1S/C14H10Cl2F3N/c15-11-5-10(14(17,18)19)6-12(7-11)20-8-9-3-1-2-4-13(9)16/h1-7,20H,8H2. The molecule has 0 bridgehead atoms. The SMILES string of the molecule is FC(F)(F)c1cc(Cl)cc(NCc2ccccc2Cl)c1. The predicted octanol–water partition coefficient (Wildman–Crippen LogP) is 5.62. The van der Waals surface area contributed by atoms with E-state index >= 15 is 0 Å². The van der Waals surface area contributed by atoms with Crippen molar-refractivity contribution in [2.24, 2.45) is 0 Å². The summed E-state index contributed by atoms with van der Waals surface area (Å²) in [6.07, 6.45) is -4.42. The van der Waals surface area contributed by atoms with Crippen LogP contribution in [0.1, 0.15) is 11.1 Å². The molecule has 0 saturated heterocycles. The number of alkyl halides is 3. The van der Waals surface area contributed by atoms with Gasteiger partial charge in [0.1, 0.15) is 0 Å². The summed E-state index contributed by atoms with van der Waals surface area (Å²) in [5.74, 6) is 0. The Hall–Kier alpha value is -1.39. The molecule has 2 aromatic carbocycles. The monoisotopic (exact) mass is 319 g/mol. The average molecular weight is 320 g/mol. The molecule has 0 amide bonds. The van der Waals surface area contributed by atoms with E-state index in [1.54, 1.807) is 18.2 Å². The second-order valence-electron chi connectivity index (χ2n) is 4.17. The molecule has 1 N–H and O–H groups in total. The summed E-state index contributed by atoms with van der Waals surface area (Å²) in [7, 11) is 0. The molecule has 0 aliphatic carbocycles. The zero-order valence-electron chi connectivity index (χ0n) is 10.1. The van der Waals surface area contributed by atoms with Gasteiger partial charge in [0.05, 0.1) is 5.56 Å². The van der Waals surface area contributed by atoms with E-state index in [2.05, 4.69) is 5.32 Å². The van der Waals surface area contributed by atoms with Crippen LogP contribution in [0.2, 0.25) is 10.0 Å². The van der Waals surface area contributed by atoms with Gasteiger partial charge in [0.15, 0.2) is 0 Å². The normalized spacial score (nSPS) is 11.4. The highest BCUT2D eigenvalue weighted by Crippen LogP contribution is 2.33. The van der Waals surface area contributed by atoms with E-state index < -0.39 is 11.7 Å². The number of hydrogen-bond acceptors (Lipinski definition) is 1. The molecule has 106 valence electrons. The van der Waals surface area contributed by atoms with Crippen molar-refractivity contribution in [1.82, 2.24) is 0 Å². The van der Waals surface area contributed by atoms with Crippen LogP contribution in [0.25, 0.3) is 0 Å². The van der Waals surface area contributed by atoms with Crippen molar-refractivity contribution < 1.29 is 13.2 Å². The molecule has 0 aliphatic rings. The van der Waals surface area contributed by atoms with Crippen molar-refractivity contribution in [3.8, 4) is 0 Å². The van der Waals surface area contributed by atoms with Crippen molar-refractivity contribution in [2.45, 2.75) is 12.7 Å². The molecule has 0 heterocycles. The van der Waals surface area contributed by atoms with Gasteiger partial charge in [0.25, 0.3) is 0 Å². The van der Waals surface area contributed by atoms with Crippen LogP contribution in [0, 0.1) is 0 Å². The van der Waals surface area contributed by atoms with Crippen LogP contribution in [0.4, 0.5) is 18.9 Å². The first kappa shape index (κ1) is 15.0. The molecular weight excluding hydrogens is 310 g/mol. The molecular formula is C14H10Cl2F3N. The fourth-order valence-electron chi connectivity index (χ4n) is 1.69. The maximum absolute atomic E-state index is 12.7. The van der Waals surface area contributed by atoms with Crippen LogP contribution in [0.15, 0.2) is 42.5 Å². The van der Waals surface area contributed by atoms with Crippen LogP contribution in [0.3, 0.4) is 0 Å². The van der Waals surface area contributed by atoms with E-state index in [9.17, 15) is 13.2 Å². The van der Waals surface area contributed by atoms with E-state index in [1.165, 1.54) is 6.07 Å². The van der Waals surface area contributed by atoms with E-state index in [-0.39, 0.29) is 5.02 Å². The van der Waals surface area contributed by atoms with Crippen LogP contribution >= 0.6 is 23.2 Å². The molecule has 2 rings (SSSR count). The van der Waals surface area contributed by atoms with Gasteiger partial charge in [0.2, 0.25) is 0 Å². The van der Waals surface area contributed by atoms with Gasteiger partial charge in [-0.1, -0.05) is 41.4 Å². The van der Waals surface area contributed by atoms with Crippen LogP contribution in [0.5, 0.6) is 0 Å². The van der Waals surface area contributed by atoms with Crippen molar-refractivity contribution >= 4 is 28.9 Å². The number of hydrogen-bond donors (Lipinski definition) is 1. The summed E-state index contributed by atoms with van der Waals surface area (Å²) in [6, 6.07) is 10.5. The second-order valence-corrected chi connectivity index (χ2v) is 5.01. The molecule has 0 unspecified atom stereocenters. The summed E-state index contributed by atoms with van der Waals surface area (Å²) >= 11 is 11.7. The summed E-state index contributed by atoms with van der Waals surface area (Å²) < 4.78 is 38.0. The molecule has 6 heteroatoms. The highest BCUT2D eigenvalue weighted by Gasteiger charge is 2.31. The molecule has 0 spiro atoms. The van der Waals surface area contributed by atoms with Crippen molar-refractivity contribution in [3.63, 3.8) is 0 Å². The Morgan fingerprint density at radius 3 is 2.35 bits per heavy atom. The molecule has 1 nitrogen and oxygen atoms in total. The summed E-state index contributed by atoms with van der Waals surface area (Å²) in [5.41, 5.74) is 0.305. The minimum atomic E-state index is -4.42. The third-order valence-corrected chi connectivity index (χ3v) is 3.25. The highest BCUT2D eigenvalue weighted by molar-refractivity contribution is 6.31. The number of anilines is 1. The largest absolute Gasteiger partial charge is 0.416 e. The topological polar surface area (TPSA) is 12.0 Å². The number of nitrogens with one attached hydrogen (secondary N) is 1. The first-order chi connectivity index (χ1) is 9.36. The Labute approximate surface area is 124 Å².